The average molecular weight is 552 g/mol. The first-order chi connectivity index (χ1) is 18.3. The van der Waals surface area contributed by atoms with Crippen molar-refractivity contribution in [1.29, 1.82) is 0 Å². The number of primary amides is 1. The van der Waals surface area contributed by atoms with Crippen molar-refractivity contribution in [2.24, 2.45) is 5.73 Å². The van der Waals surface area contributed by atoms with Crippen molar-refractivity contribution in [3.8, 4) is 5.75 Å². The van der Waals surface area contributed by atoms with Crippen LogP contribution in [-0.2, 0) is 17.5 Å². The Morgan fingerprint density at radius 1 is 1.13 bits per heavy atom. The zero-order chi connectivity index (χ0) is 29.0. The van der Waals surface area contributed by atoms with Gasteiger partial charge in [-0.2, -0.15) is 13.2 Å². The van der Waals surface area contributed by atoms with Gasteiger partial charge >= 0.3 is 12.2 Å². The summed E-state index contributed by atoms with van der Waals surface area (Å²) >= 11 is 0. The number of phenolic OH excluding ortho intramolecular Hbond substituents is 1. The number of nitrogens with zero attached hydrogens (tertiary/aromatic N) is 2. The van der Waals surface area contributed by atoms with Gasteiger partial charge in [-0.1, -0.05) is 6.07 Å². The highest BCUT2D eigenvalue weighted by atomic mass is 19.4. The molecule has 1 aliphatic heterocycles. The van der Waals surface area contributed by atoms with Crippen molar-refractivity contribution < 1.29 is 32.7 Å². The molecule has 7 N–H and O–H groups in total. The second-order valence-corrected chi connectivity index (χ2v) is 9.53. The zero-order valence-corrected chi connectivity index (χ0v) is 21.8. The number of phenols is 1. The highest BCUT2D eigenvalue weighted by Crippen LogP contribution is 2.34. The number of aromatic hydroxyl groups is 1. The van der Waals surface area contributed by atoms with E-state index in [4.69, 9.17) is 11.5 Å². The average Bonchev–Trinajstić information content (AvgIpc) is 3.31. The van der Waals surface area contributed by atoms with E-state index in [0.29, 0.717) is 50.9 Å². The minimum atomic E-state index is -4.63. The van der Waals surface area contributed by atoms with E-state index in [1.807, 2.05) is 13.8 Å². The van der Waals surface area contributed by atoms with Crippen LogP contribution >= 0.6 is 0 Å². The van der Waals surface area contributed by atoms with Gasteiger partial charge in [-0.25, -0.2) is 9.28 Å². The second kappa shape index (κ2) is 11.9. The molecule has 10 nitrogen and oxygen atoms in total. The molecule has 2 aromatic rings. The molecule has 39 heavy (non-hydrogen) atoms. The third-order valence-electron chi connectivity index (χ3n) is 7.08. The van der Waals surface area contributed by atoms with Gasteiger partial charge in [0.2, 0.25) is 5.91 Å². The number of alkyl halides is 3. The van der Waals surface area contributed by atoms with Crippen molar-refractivity contribution in [3.63, 3.8) is 0 Å². The predicted octanol–water partition coefficient (Wildman–Crippen LogP) is 2.54. The van der Waals surface area contributed by atoms with Crippen molar-refractivity contribution in [1.82, 2.24) is 20.0 Å². The largest absolute Gasteiger partial charge is 0.503 e. The Bertz CT molecular complexity index is 1230. The molecule has 212 valence electrons. The molecule has 1 fully saturated rings. The Balaban J connectivity index is 1.56. The molecule has 0 unspecified atom stereocenters. The molecule has 1 heterocycles. The molecule has 1 atom stereocenters. The molecule has 0 bridgehead atoms. The number of benzene rings is 2. The fourth-order valence-electron chi connectivity index (χ4n) is 4.82. The zero-order valence-electron chi connectivity index (χ0n) is 21.8. The number of nitrogens with one attached hydrogen (secondary N) is 2. The molecule has 0 aliphatic carbocycles. The van der Waals surface area contributed by atoms with E-state index in [-0.39, 0.29) is 27.5 Å². The quantitative estimate of drug-likeness (QED) is 0.239. The highest BCUT2D eigenvalue weighted by molar-refractivity contribution is 6.00. The van der Waals surface area contributed by atoms with Gasteiger partial charge in [0, 0.05) is 37.4 Å². The maximum absolute atomic E-state index is 13.0. The number of hydrogen-bond acceptors (Lipinski definition) is 6. The lowest BCUT2D eigenvalue weighted by molar-refractivity contribution is -0.137. The summed E-state index contributed by atoms with van der Waals surface area (Å²) in [6, 6.07) is 6.76. The number of likely N-dealkylation sites (tertiary alicyclic amines) is 1. The molecule has 2 aromatic carbocycles. The highest BCUT2D eigenvalue weighted by Gasteiger charge is 2.37. The molecule has 0 aromatic heterocycles. The van der Waals surface area contributed by atoms with Gasteiger partial charge in [-0.15, -0.1) is 0 Å². The van der Waals surface area contributed by atoms with Gasteiger partial charge < -0.3 is 27.2 Å². The van der Waals surface area contributed by atoms with E-state index in [1.165, 1.54) is 0 Å². The van der Waals surface area contributed by atoms with Crippen LogP contribution in [-0.4, -0.2) is 66.6 Å². The Morgan fingerprint density at radius 2 is 1.82 bits per heavy atom. The van der Waals surface area contributed by atoms with Crippen LogP contribution in [0.25, 0.3) is 0 Å². The Labute approximate surface area is 224 Å². The van der Waals surface area contributed by atoms with E-state index in [0.717, 1.165) is 17.7 Å². The fourth-order valence-corrected chi connectivity index (χ4v) is 4.82. The van der Waals surface area contributed by atoms with Crippen LogP contribution in [0.4, 0.5) is 29.3 Å². The molecule has 1 saturated heterocycles. The van der Waals surface area contributed by atoms with Crippen LogP contribution in [0.1, 0.15) is 41.8 Å². The number of amides is 4. The number of urea groups is 1. The number of carbonyl (C=O) groups excluding carboxylic acids is 3. The number of anilines is 1. The van der Waals surface area contributed by atoms with Crippen LogP contribution in [0, 0.1) is 0 Å². The molecule has 3 rings (SSSR count). The lowest BCUT2D eigenvalue weighted by Gasteiger charge is -2.32. The van der Waals surface area contributed by atoms with Crippen LogP contribution in [0.5, 0.6) is 5.75 Å². The van der Waals surface area contributed by atoms with Crippen molar-refractivity contribution in [2.75, 3.05) is 38.5 Å². The standard InChI is InChI=1S/C26H33F3N6O4/c1-3-35(4-2,25(31)39)21-11-16(5-8-22(21)36)14-34-10-9-18(15-34)33-23(37)13-32-24(38)19-12-17(26(27,28)29)6-7-20(19)30/h5-8,11-12,18H,3-4,9-10,13-15H2,1-2H3,(H6-,30,31,32,33,36,37,38,39)/p+1/t18-/m0/s1. The maximum Gasteiger partial charge on any atom is 0.419 e. The van der Waals surface area contributed by atoms with Crippen molar-refractivity contribution in [2.45, 2.75) is 39.0 Å². The molecule has 1 aliphatic rings. The summed E-state index contributed by atoms with van der Waals surface area (Å²) in [4.78, 5) is 39.1. The minimum Gasteiger partial charge on any atom is -0.503 e. The number of halogens is 3. The van der Waals surface area contributed by atoms with Gasteiger partial charge in [0.05, 0.1) is 30.8 Å². The predicted molar refractivity (Wildman–Crippen MR) is 141 cm³/mol. The first-order valence-corrected chi connectivity index (χ1v) is 12.6. The third kappa shape index (κ3) is 6.79. The number of rotatable bonds is 9. The van der Waals surface area contributed by atoms with E-state index in [2.05, 4.69) is 15.5 Å². The van der Waals surface area contributed by atoms with Crippen LogP contribution in [0.3, 0.4) is 0 Å². The topological polar surface area (TPSA) is 151 Å². The number of hydrogen-bond donors (Lipinski definition) is 5. The molecule has 0 radical (unpaired) electrons. The van der Waals surface area contributed by atoms with Gasteiger partial charge in [0.25, 0.3) is 5.91 Å². The lowest BCUT2D eigenvalue weighted by Crippen LogP contribution is -2.57. The summed E-state index contributed by atoms with van der Waals surface area (Å²) in [5, 5.41) is 15.6. The minimum absolute atomic E-state index is 0.0123. The molecule has 0 spiro atoms. The summed E-state index contributed by atoms with van der Waals surface area (Å²) in [5.74, 6) is -1.38. The van der Waals surface area contributed by atoms with Gasteiger partial charge in [-0.05, 0) is 50.1 Å². The first-order valence-electron chi connectivity index (χ1n) is 12.6. The van der Waals surface area contributed by atoms with Gasteiger partial charge in [0.1, 0.15) is 0 Å². The molecule has 0 saturated carbocycles. The molecule has 4 amide bonds. The Hall–Kier alpha value is -3.84. The normalized spacial score (nSPS) is 16.2. The van der Waals surface area contributed by atoms with E-state index >= 15 is 0 Å². The summed E-state index contributed by atoms with van der Waals surface area (Å²) in [7, 11) is 0. The van der Waals surface area contributed by atoms with Gasteiger partial charge in [0.15, 0.2) is 11.4 Å². The SMILES string of the molecule is CC[N+](CC)(C(N)=O)c1cc(CN2CC[C@H](NC(=O)CNC(=O)c3cc(C(F)(F)F)ccc3N)C2)ccc1O. The second-order valence-electron chi connectivity index (χ2n) is 9.53. The molecular weight excluding hydrogens is 517 g/mol. The first kappa shape index (κ1) is 29.7. The number of nitrogen functional groups attached to an aromatic ring is 1. The Kier molecular flexibility index (Phi) is 9.07. The summed E-state index contributed by atoms with van der Waals surface area (Å²) in [6.07, 6.45) is -3.98. The number of carbonyl (C=O) groups is 3. The number of nitrogens with two attached hydrogens (primary N) is 2. The third-order valence-corrected chi connectivity index (χ3v) is 7.08. The summed E-state index contributed by atoms with van der Waals surface area (Å²) < 4.78 is 38.7. The maximum atomic E-state index is 13.0. The van der Waals surface area contributed by atoms with E-state index in [9.17, 15) is 32.7 Å². The Morgan fingerprint density at radius 3 is 2.44 bits per heavy atom. The summed E-state index contributed by atoms with van der Waals surface area (Å²) in [6.45, 7) is 5.70. The smallest absolute Gasteiger partial charge is 0.419 e. The van der Waals surface area contributed by atoms with E-state index < -0.39 is 36.1 Å². The van der Waals surface area contributed by atoms with Gasteiger partial charge in [-0.3, -0.25) is 14.5 Å². The number of quaternary nitrogens is 1. The van der Waals surface area contributed by atoms with Crippen LogP contribution < -0.4 is 26.6 Å². The van der Waals surface area contributed by atoms with E-state index in [1.54, 1.807) is 18.2 Å². The van der Waals surface area contributed by atoms with Crippen molar-refractivity contribution >= 4 is 29.2 Å². The monoisotopic (exact) mass is 551 g/mol. The molecule has 13 heteroatoms. The lowest BCUT2D eigenvalue weighted by atomic mass is 10.1. The van der Waals surface area contributed by atoms with Crippen LogP contribution in [0.2, 0.25) is 0 Å². The molecular formula is C26H34F3N6O4+. The van der Waals surface area contributed by atoms with Crippen LogP contribution in [0.15, 0.2) is 36.4 Å². The summed E-state index contributed by atoms with van der Waals surface area (Å²) in [5.41, 5.74) is 11.1. The van der Waals surface area contributed by atoms with Crippen molar-refractivity contribution in [3.05, 3.63) is 53.1 Å². The fraction of sp³-hybridized carbons (Fsp3) is 0.423.